The molecule has 0 aliphatic rings. The van der Waals surface area contributed by atoms with Gasteiger partial charge < -0.3 is 9.47 Å². The molecule has 2 heteroatoms. The van der Waals surface area contributed by atoms with E-state index in [0.717, 1.165) is 37.6 Å². The Kier molecular flexibility index (Phi) is 6.75. The Balaban J connectivity index is 2.68. The van der Waals surface area contributed by atoms with E-state index in [9.17, 15) is 0 Å². The largest absolute Gasteiger partial charge is 0.489 e. The van der Waals surface area contributed by atoms with Crippen LogP contribution in [0, 0.1) is 18.8 Å². The van der Waals surface area contributed by atoms with E-state index in [-0.39, 0.29) is 0 Å². The summed E-state index contributed by atoms with van der Waals surface area (Å²) in [4.78, 5) is 0. The van der Waals surface area contributed by atoms with Gasteiger partial charge >= 0.3 is 0 Å². The molecule has 0 bridgehead atoms. The molecule has 0 saturated heterocycles. The van der Waals surface area contributed by atoms with Crippen LogP contribution in [-0.4, -0.2) is 13.2 Å². The predicted molar refractivity (Wildman–Crippen MR) is 81.1 cm³/mol. The van der Waals surface area contributed by atoms with Crippen LogP contribution >= 0.6 is 0 Å². The second kappa shape index (κ2) is 8.08. The van der Waals surface area contributed by atoms with Crippen LogP contribution in [0.15, 0.2) is 18.2 Å². The maximum absolute atomic E-state index is 5.91. The van der Waals surface area contributed by atoms with Crippen LogP contribution in [0.5, 0.6) is 11.5 Å². The van der Waals surface area contributed by atoms with Crippen molar-refractivity contribution < 1.29 is 9.47 Å². The van der Waals surface area contributed by atoms with Crippen molar-refractivity contribution in [2.75, 3.05) is 13.2 Å². The molecular weight excluding hydrogens is 236 g/mol. The SMILES string of the molecule is CCC(C)COc1ccc(C)cc1OCC(C)CC. The van der Waals surface area contributed by atoms with Gasteiger partial charge in [-0.1, -0.05) is 46.6 Å². The molecular formula is C17H28O2. The summed E-state index contributed by atoms with van der Waals surface area (Å²) >= 11 is 0. The smallest absolute Gasteiger partial charge is 0.161 e. The topological polar surface area (TPSA) is 18.5 Å². The maximum atomic E-state index is 5.91. The van der Waals surface area contributed by atoms with E-state index in [1.807, 2.05) is 6.07 Å². The zero-order chi connectivity index (χ0) is 14.3. The lowest BCUT2D eigenvalue weighted by Gasteiger charge is -2.17. The van der Waals surface area contributed by atoms with Gasteiger partial charge in [0.25, 0.3) is 0 Å². The molecule has 0 amide bonds. The number of ether oxygens (including phenoxy) is 2. The first-order valence-corrected chi connectivity index (χ1v) is 7.43. The van der Waals surface area contributed by atoms with Crippen molar-refractivity contribution >= 4 is 0 Å². The fourth-order valence-corrected chi connectivity index (χ4v) is 1.55. The Morgan fingerprint density at radius 2 is 1.42 bits per heavy atom. The monoisotopic (exact) mass is 264 g/mol. The molecule has 1 aromatic carbocycles. The van der Waals surface area contributed by atoms with Crippen LogP contribution in [-0.2, 0) is 0 Å². The normalized spacial score (nSPS) is 13.9. The zero-order valence-corrected chi connectivity index (χ0v) is 13.0. The number of rotatable bonds is 8. The van der Waals surface area contributed by atoms with Crippen LogP contribution in [0.1, 0.15) is 46.1 Å². The lowest BCUT2D eigenvalue weighted by atomic mass is 10.1. The highest BCUT2D eigenvalue weighted by Gasteiger charge is 2.09. The lowest BCUT2D eigenvalue weighted by molar-refractivity contribution is 0.217. The van der Waals surface area contributed by atoms with Crippen molar-refractivity contribution in [2.24, 2.45) is 11.8 Å². The lowest BCUT2D eigenvalue weighted by Crippen LogP contribution is -2.11. The molecule has 0 aliphatic carbocycles. The van der Waals surface area contributed by atoms with Gasteiger partial charge in [0, 0.05) is 0 Å². The van der Waals surface area contributed by atoms with Crippen molar-refractivity contribution in [3.8, 4) is 11.5 Å². The molecule has 2 nitrogen and oxygen atoms in total. The third kappa shape index (κ3) is 5.54. The Labute approximate surface area is 118 Å². The van der Waals surface area contributed by atoms with Crippen molar-refractivity contribution in [3.05, 3.63) is 23.8 Å². The summed E-state index contributed by atoms with van der Waals surface area (Å²) in [6.45, 7) is 12.4. The molecule has 0 spiro atoms. The Morgan fingerprint density at radius 3 is 1.95 bits per heavy atom. The van der Waals surface area contributed by atoms with Crippen LogP contribution in [0.25, 0.3) is 0 Å². The number of aryl methyl sites for hydroxylation is 1. The summed E-state index contributed by atoms with van der Waals surface area (Å²) in [5.74, 6) is 2.89. The Hall–Kier alpha value is -1.18. The predicted octanol–water partition coefficient (Wildman–Crippen LogP) is 4.84. The van der Waals surface area contributed by atoms with Crippen molar-refractivity contribution in [1.82, 2.24) is 0 Å². The van der Waals surface area contributed by atoms with Crippen molar-refractivity contribution in [1.29, 1.82) is 0 Å². The molecule has 0 fully saturated rings. The average molecular weight is 264 g/mol. The first-order valence-electron chi connectivity index (χ1n) is 7.43. The number of benzene rings is 1. The van der Waals surface area contributed by atoms with Crippen LogP contribution < -0.4 is 9.47 Å². The van der Waals surface area contributed by atoms with Crippen molar-refractivity contribution in [2.45, 2.75) is 47.5 Å². The highest BCUT2D eigenvalue weighted by molar-refractivity contribution is 5.42. The third-order valence-electron chi connectivity index (χ3n) is 3.54. The van der Waals surface area contributed by atoms with Crippen LogP contribution in [0.4, 0.5) is 0 Å². The molecule has 1 aromatic rings. The molecule has 2 unspecified atom stereocenters. The van der Waals surface area contributed by atoms with Crippen LogP contribution in [0.2, 0.25) is 0 Å². The summed E-state index contributed by atoms with van der Waals surface area (Å²) in [7, 11) is 0. The van der Waals surface area contributed by atoms with E-state index in [0.29, 0.717) is 11.8 Å². The van der Waals surface area contributed by atoms with E-state index in [1.165, 1.54) is 5.56 Å². The van der Waals surface area contributed by atoms with Gasteiger partial charge in [-0.3, -0.25) is 0 Å². The minimum atomic E-state index is 0.572. The van der Waals surface area contributed by atoms with Gasteiger partial charge in [-0.2, -0.15) is 0 Å². The first-order chi connectivity index (χ1) is 9.06. The summed E-state index contributed by atoms with van der Waals surface area (Å²) in [6, 6.07) is 6.15. The van der Waals surface area contributed by atoms with Crippen molar-refractivity contribution in [3.63, 3.8) is 0 Å². The number of hydrogen-bond donors (Lipinski definition) is 0. The molecule has 0 N–H and O–H groups in total. The van der Waals surface area contributed by atoms with Crippen LogP contribution in [0.3, 0.4) is 0 Å². The van der Waals surface area contributed by atoms with Gasteiger partial charge in [0.15, 0.2) is 11.5 Å². The fraction of sp³-hybridized carbons (Fsp3) is 0.647. The van der Waals surface area contributed by atoms with Gasteiger partial charge in [-0.15, -0.1) is 0 Å². The molecule has 19 heavy (non-hydrogen) atoms. The van der Waals surface area contributed by atoms with E-state index in [2.05, 4.69) is 46.8 Å². The Bertz CT molecular complexity index is 374. The second-order valence-electron chi connectivity index (χ2n) is 5.60. The van der Waals surface area contributed by atoms with Gasteiger partial charge in [0.05, 0.1) is 13.2 Å². The summed E-state index contributed by atoms with van der Waals surface area (Å²) < 4.78 is 11.8. The van der Waals surface area contributed by atoms with Gasteiger partial charge in [0.2, 0.25) is 0 Å². The highest BCUT2D eigenvalue weighted by atomic mass is 16.5. The first kappa shape index (κ1) is 15.9. The minimum Gasteiger partial charge on any atom is -0.489 e. The summed E-state index contributed by atoms with van der Waals surface area (Å²) in [5, 5.41) is 0. The zero-order valence-electron chi connectivity index (χ0n) is 13.0. The highest BCUT2D eigenvalue weighted by Crippen LogP contribution is 2.29. The molecule has 0 aliphatic heterocycles. The van der Waals surface area contributed by atoms with E-state index in [1.54, 1.807) is 0 Å². The van der Waals surface area contributed by atoms with E-state index in [4.69, 9.17) is 9.47 Å². The molecule has 108 valence electrons. The van der Waals surface area contributed by atoms with Gasteiger partial charge in [0.1, 0.15) is 0 Å². The van der Waals surface area contributed by atoms with Gasteiger partial charge in [-0.25, -0.2) is 0 Å². The van der Waals surface area contributed by atoms with Gasteiger partial charge in [-0.05, 0) is 36.5 Å². The molecule has 2 atom stereocenters. The summed E-state index contributed by atoms with van der Waals surface area (Å²) in [6.07, 6.45) is 2.27. The maximum Gasteiger partial charge on any atom is 0.161 e. The molecule has 1 rings (SSSR count). The Morgan fingerprint density at radius 1 is 0.895 bits per heavy atom. The van der Waals surface area contributed by atoms with E-state index >= 15 is 0 Å². The minimum absolute atomic E-state index is 0.572. The molecule has 0 aromatic heterocycles. The standard InChI is InChI=1S/C17H28O2/c1-6-13(3)11-18-16-9-8-15(5)10-17(16)19-12-14(4)7-2/h8-10,13-14H,6-7,11-12H2,1-5H3. The fourth-order valence-electron chi connectivity index (χ4n) is 1.55. The van der Waals surface area contributed by atoms with E-state index < -0.39 is 0 Å². The summed E-state index contributed by atoms with van der Waals surface area (Å²) in [5.41, 5.74) is 1.20. The average Bonchev–Trinajstić information content (AvgIpc) is 2.43. The molecule has 0 saturated carbocycles. The quantitative estimate of drug-likeness (QED) is 0.668. The third-order valence-corrected chi connectivity index (χ3v) is 3.54. The second-order valence-corrected chi connectivity index (χ2v) is 5.60. The number of hydrogen-bond acceptors (Lipinski definition) is 2. The molecule has 0 radical (unpaired) electrons. The molecule has 0 heterocycles.